The highest BCUT2D eigenvalue weighted by Gasteiger charge is 2.15. The molecule has 18 heavy (non-hydrogen) atoms. The smallest absolute Gasteiger partial charge is 0.323 e. The van der Waals surface area contributed by atoms with Gasteiger partial charge in [0.2, 0.25) is 0 Å². The summed E-state index contributed by atoms with van der Waals surface area (Å²) in [6.45, 7) is 0.326. The fourth-order valence-electron chi connectivity index (χ4n) is 0.794. The van der Waals surface area contributed by atoms with Crippen LogP contribution in [0.1, 0.15) is 51.0 Å². The van der Waals surface area contributed by atoms with Gasteiger partial charge in [-0.1, -0.05) is 44.6 Å². The maximum Gasteiger partial charge on any atom is 0.323 e. The third-order valence-electron chi connectivity index (χ3n) is 1.42. The van der Waals surface area contributed by atoms with Gasteiger partial charge in [0.1, 0.15) is 12.6 Å². The minimum absolute atomic E-state index is 0. The third-order valence-corrected chi connectivity index (χ3v) is 1.42. The quantitative estimate of drug-likeness (QED) is 0.646. The van der Waals surface area contributed by atoms with Gasteiger partial charge in [-0.2, -0.15) is 0 Å². The van der Waals surface area contributed by atoms with E-state index in [1.165, 1.54) is 0 Å². The van der Waals surface area contributed by atoms with Crippen molar-refractivity contribution in [3.8, 4) is 0 Å². The van der Waals surface area contributed by atoms with Gasteiger partial charge in [-0.25, -0.2) is 0 Å². The minimum Gasteiger partial charge on any atom is -0.462 e. The minimum atomic E-state index is -0.364. The molecule has 0 bridgehead atoms. The molecule has 0 amide bonds. The van der Waals surface area contributed by atoms with E-state index in [9.17, 15) is 4.79 Å². The lowest BCUT2D eigenvalue weighted by molar-refractivity contribution is -0.147. The van der Waals surface area contributed by atoms with Gasteiger partial charge >= 0.3 is 5.97 Å². The highest BCUT2D eigenvalue weighted by molar-refractivity contribution is 5.75. The zero-order chi connectivity index (χ0) is 9.40. The summed E-state index contributed by atoms with van der Waals surface area (Å²) in [4.78, 5) is 11.1. The standard InChI is InChI=1S/C7H16N2O3.6CH4/c1-9-6(2-3-8)7(11)12-5-4-10;;;;;;/h6,9-10H,2-5,8H2,1H3;6*1H4. The van der Waals surface area contributed by atoms with Crippen molar-refractivity contribution in [2.45, 2.75) is 57.0 Å². The Morgan fingerprint density at radius 3 is 1.94 bits per heavy atom. The summed E-state index contributed by atoms with van der Waals surface area (Å²) < 4.78 is 4.69. The first kappa shape index (κ1) is 43.3. The number of ether oxygens (including phenoxy) is 1. The van der Waals surface area contributed by atoms with Gasteiger partial charge < -0.3 is 20.9 Å². The molecular formula is C13H40N2O3. The van der Waals surface area contributed by atoms with Crippen LogP contribution in [0.15, 0.2) is 0 Å². The summed E-state index contributed by atoms with van der Waals surface area (Å²) in [5.74, 6) is -0.364. The average molecular weight is 272 g/mol. The Balaban J connectivity index is -0.0000000403. The second-order valence-electron chi connectivity index (χ2n) is 2.31. The Bertz CT molecular complexity index is 133. The molecule has 0 radical (unpaired) electrons. The summed E-state index contributed by atoms with van der Waals surface area (Å²) in [5.41, 5.74) is 5.27. The number of nitrogens with two attached hydrogens (primary N) is 1. The molecule has 120 valence electrons. The molecule has 0 spiro atoms. The Hall–Kier alpha value is -0.650. The van der Waals surface area contributed by atoms with Crippen LogP contribution in [0.4, 0.5) is 0 Å². The zero-order valence-corrected chi connectivity index (χ0v) is 7.25. The number of rotatable bonds is 6. The van der Waals surface area contributed by atoms with Crippen LogP contribution in [0.3, 0.4) is 0 Å². The van der Waals surface area contributed by atoms with Crippen molar-refractivity contribution in [1.82, 2.24) is 5.32 Å². The number of hydrogen-bond donors (Lipinski definition) is 3. The number of carbonyl (C=O) groups is 1. The topological polar surface area (TPSA) is 84.6 Å². The van der Waals surface area contributed by atoms with Crippen LogP contribution in [0.25, 0.3) is 0 Å². The Labute approximate surface area is 116 Å². The summed E-state index contributed by atoms with van der Waals surface area (Å²) in [6, 6.07) is -0.360. The van der Waals surface area contributed by atoms with Gasteiger partial charge in [0.15, 0.2) is 0 Å². The lowest BCUT2D eigenvalue weighted by Gasteiger charge is -2.13. The Kier molecular flexibility index (Phi) is 71.9. The largest absolute Gasteiger partial charge is 0.462 e. The van der Waals surface area contributed by atoms with E-state index in [1.807, 2.05) is 0 Å². The number of aliphatic hydroxyl groups excluding tert-OH is 1. The van der Waals surface area contributed by atoms with E-state index in [0.29, 0.717) is 13.0 Å². The van der Waals surface area contributed by atoms with E-state index in [1.54, 1.807) is 7.05 Å². The van der Waals surface area contributed by atoms with Crippen molar-refractivity contribution in [3.63, 3.8) is 0 Å². The fourth-order valence-corrected chi connectivity index (χ4v) is 0.794. The molecule has 0 aliphatic heterocycles. The van der Waals surface area contributed by atoms with E-state index >= 15 is 0 Å². The van der Waals surface area contributed by atoms with E-state index in [2.05, 4.69) is 10.1 Å². The van der Waals surface area contributed by atoms with Crippen molar-refractivity contribution in [2.24, 2.45) is 5.73 Å². The van der Waals surface area contributed by atoms with Crippen LogP contribution >= 0.6 is 0 Å². The SMILES string of the molecule is C.C.C.C.C.C.CNC(CCN)C(=O)OCCO. The first-order chi connectivity index (χ1) is 5.76. The lowest BCUT2D eigenvalue weighted by Crippen LogP contribution is -2.37. The van der Waals surface area contributed by atoms with Gasteiger partial charge in [-0.05, 0) is 20.0 Å². The second kappa shape index (κ2) is 29.9. The molecule has 5 nitrogen and oxygen atoms in total. The maximum absolute atomic E-state index is 11.1. The highest BCUT2D eigenvalue weighted by Crippen LogP contribution is 1.92. The Morgan fingerprint density at radius 1 is 1.22 bits per heavy atom. The molecule has 1 unspecified atom stereocenters. The van der Waals surface area contributed by atoms with Crippen molar-refractivity contribution in [3.05, 3.63) is 0 Å². The molecule has 0 saturated carbocycles. The highest BCUT2D eigenvalue weighted by atomic mass is 16.5. The van der Waals surface area contributed by atoms with Crippen LogP contribution in [-0.4, -0.2) is 43.9 Å². The first-order valence-corrected chi connectivity index (χ1v) is 3.91. The number of aliphatic hydroxyl groups is 1. The van der Waals surface area contributed by atoms with Crippen molar-refractivity contribution in [1.29, 1.82) is 0 Å². The van der Waals surface area contributed by atoms with Crippen LogP contribution in [-0.2, 0) is 9.53 Å². The number of carbonyl (C=O) groups excluding carboxylic acids is 1. The van der Waals surface area contributed by atoms with E-state index < -0.39 is 0 Å². The van der Waals surface area contributed by atoms with Crippen LogP contribution in [0, 0.1) is 0 Å². The molecule has 0 aromatic heterocycles. The molecule has 0 aromatic carbocycles. The molecule has 0 aliphatic rings. The van der Waals surface area contributed by atoms with Gasteiger partial charge in [-0.3, -0.25) is 4.79 Å². The second-order valence-corrected chi connectivity index (χ2v) is 2.31. The molecular weight excluding hydrogens is 232 g/mol. The van der Waals surface area contributed by atoms with Crippen molar-refractivity contribution >= 4 is 5.97 Å². The zero-order valence-electron chi connectivity index (χ0n) is 7.25. The van der Waals surface area contributed by atoms with Gasteiger partial charge in [0.05, 0.1) is 6.61 Å². The molecule has 5 heteroatoms. The van der Waals surface area contributed by atoms with Gasteiger partial charge in [-0.15, -0.1) is 0 Å². The predicted molar refractivity (Wildman–Crippen MR) is 84.9 cm³/mol. The number of esters is 1. The monoisotopic (exact) mass is 272 g/mol. The van der Waals surface area contributed by atoms with Crippen molar-refractivity contribution in [2.75, 3.05) is 26.8 Å². The van der Waals surface area contributed by atoms with E-state index in [0.717, 1.165) is 0 Å². The maximum atomic E-state index is 11.1. The van der Waals surface area contributed by atoms with Crippen LogP contribution in [0.5, 0.6) is 0 Å². The van der Waals surface area contributed by atoms with Crippen molar-refractivity contribution < 1.29 is 14.6 Å². The molecule has 0 aromatic rings. The number of likely N-dealkylation sites (N-methyl/N-ethyl adjacent to an activating group) is 1. The number of nitrogens with one attached hydrogen (secondary N) is 1. The fraction of sp³-hybridized carbons (Fsp3) is 0.923. The molecule has 0 rings (SSSR count). The Morgan fingerprint density at radius 2 is 1.67 bits per heavy atom. The number of hydrogen-bond acceptors (Lipinski definition) is 5. The molecule has 0 saturated heterocycles. The van der Waals surface area contributed by atoms with Crippen LogP contribution < -0.4 is 11.1 Å². The molecule has 0 aliphatic carbocycles. The average Bonchev–Trinajstić information content (AvgIpc) is 2.10. The lowest BCUT2D eigenvalue weighted by atomic mass is 10.2. The third kappa shape index (κ3) is 20.7. The summed E-state index contributed by atoms with van der Waals surface area (Å²) in [7, 11) is 1.67. The molecule has 1 atom stereocenters. The summed E-state index contributed by atoms with van der Waals surface area (Å²) in [6.07, 6.45) is 0.542. The first-order valence-electron chi connectivity index (χ1n) is 3.91. The predicted octanol–water partition coefficient (Wildman–Crippen LogP) is 2.28. The summed E-state index contributed by atoms with van der Waals surface area (Å²) in [5, 5.41) is 11.2. The molecule has 4 N–H and O–H groups in total. The summed E-state index contributed by atoms with van der Waals surface area (Å²) >= 11 is 0. The molecule has 0 heterocycles. The van der Waals surface area contributed by atoms with Gasteiger partial charge in [0, 0.05) is 0 Å². The normalized spacial score (nSPS) is 8.39. The molecule has 0 fully saturated rings. The van der Waals surface area contributed by atoms with E-state index in [4.69, 9.17) is 10.8 Å². The van der Waals surface area contributed by atoms with E-state index in [-0.39, 0.29) is 69.8 Å². The van der Waals surface area contributed by atoms with Crippen LogP contribution in [0.2, 0.25) is 0 Å². The van der Waals surface area contributed by atoms with Gasteiger partial charge in [0.25, 0.3) is 0 Å².